The number of thiazole rings is 1. The van der Waals surface area contributed by atoms with Crippen LogP contribution in [0.4, 0.5) is 0 Å². The van der Waals surface area contributed by atoms with Gasteiger partial charge in [0.2, 0.25) is 0 Å². The van der Waals surface area contributed by atoms with Crippen molar-refractivity contribution < 1.29 is 0 Å². The van der Waals surface area contributed by atoms with Crippen LogP contribution in [0.15, 0.2) is 5.38 Å². The number of hydrogen-bond acceptors (Lipinski definition) is 4. The first-order chi connectivity index (χ1) is 8.18. The number of hydrogen-bond donors (Lipinski definition) is 1. The molecule has 1 aliphatic rings. The van der Waals surface area contributed by atoms with E-state index in [2.05, 4.69) is 31.5 Å². The highest BCUT2D eigenvalue weighted by Gasteiger charge is 2.38. The molecule has 0 bridgehead atoms. The molecule has 1 fully saturated rings. The quantitative estimate of drug-likeness (QED) is 0.885. The van der Waals surface area contributed by atoms with Crippen LogP contribution >= 0.6 is 23.1 Å². The fraction of sp³-hybridized carbons (Fsp3) is 0.769. The van der Waals surface area contributed by atoms with Crippen molar-refractivity contribution >= 4 is 23.1 Å². The van der Waals surface area contributed by atoms with Crippen LogP contribution in [0, 0.1) is 0 Å². The number of thioether (sulfide) groups is 1. The van der Waals surface area contributed by atoms with E-state index in [9.17, 15) is 0 Å². The van der Waals surface area contributed by atoms with E-state index in [0.29, 0.717) is 5.92 Å². The van der Waals surface area contributed by atoms with Crippen molar-refractivity contribution in [1.29, 1.82) is 0 Å². The Hall–Kier alpha value is -0.0600. The highest BCUT2D eigenvalue weighted by molar-refractivity contribution is 7.99. The second-order valence-corrected chi connectivity index (χ2v) is 7.01. The first-order valence-electron chi connectivity index (χ1n) is 6.46. The Kier molecular flexibility index (Phi) is 4.50. The molecular formula is C13H22N2S2. The van der Waals surface area contributed by atoms with Crippen molar-refractivity contribution in [2.75, 3.05) is 18.1 Å². The number of rotatable bonds is 5. The summed E-state index contributed by atoms with van der Waals surface area (Å²) in [4.78, 5) is 4.86. The van der Waals surface area contributed by atoms with Gasteiger partial charge in [-0.3, -0.25) is 0 Å². The Morgan fingerprint density at radius 2 is 2.35 bits per heavy atom. The third-order valence-electron chi connectivity index (χ3n) is 3.26. The zero-order valence-electron chi connectivity index (χ0n) is 11.0. The standard InChI is InChI=1S/C13H22N2S2/c1-4-6-14-13(5-7-16-9-13)12-15-11(8-17-12)10(2)3/h8,10,14H,4-7,9H2,1-3H3. The van der Waals surface area contributed by atoms with Crippen LogP contribution in [-0.4, -0.2) is 23.0 Å². The maximum Gasteiger partial charge on any atom is 0.114 e. The SMILES string of the molecule is CCCNC1(c2nc(C(C)C)cs2)CCSC1. The maximum atomic E-state index is 4.86. The predicted octanol–water partition coefficient (Wildman–Crippen LogP) is 3.60. The molecule has 1 aromatic heterocycles. The van der Waals surface area contributed by atoms with Crippen molar-refractivity contribution in [2.24, 2.45) is 0 Å². The molecule has 0 saturated carbocycles. The van der Waals surface area contributed by atoms with E-state index in [0.717, 1.165) is 6.54 Å². The summed E-state index contributed by atoms with van der Waals surface area (Å²) in [6.07, 6.45) is 2.41. The molecular weight excluding hydrogens is 248 g/mol. The minimum atomic E-state index is 0.165. The number of nitrogens with one attached hydrogen (secondary N) is 1. The van der Waals surface area contributed by atoms with E-state index in [4.69, 9.17) is 4.98 Å². The zero-order chi connectivity index (χ0) is 12.3. The van der Waals surface area contributed by atoms with Gasteiger partial charge in [0.15, 0.2) is 0 Å². The molecule has 0 radical (unpaired) electrons. The highest BCUT2D eigenvalue weighted by atomic mass is 32.2. The van der Waals surface area contributed by atoms with E-state index in [1.807, 2.05) is 23.1 Å². The largest absolute Gasteiger partial charge is 0.305 e. The van der Waals surface area contributed by atoms with E-state index in [-0.39, 0.29) is 5.54 Å². The van der Waals surface area contributed by atoms with E-state index in [1.165, 1.54) is 35.0 Å². The summed E-state index contributed by atoms with van der Waals surface area (Å²) in [5, 5.41) is 7.28. The molecule has 96 valence electrons. The van der Waals surface area contributed by atoms with Crippen molar-refractivity contribution in [1.82, 2.24) is 10.3 Å². The van der Waals surface area contributed by atoms with Crippen molar-refractivity contribution in [3.63, 3.8) is 0 Å². The van der Waals surface area contributed by atoms with Gasteiger partial charge in [-0.15, -0.1) is 11.3 Å². The lowest BCUT2D eigenvalue weighted by Gasteiger charge is -2.27. The van der Waals surface area contributed by atoms with Gasteiger partial charge < -0.3 is 5.32 Å². The average molecular weight is 270 g/mol. The molecule has 1 saturated heterocycles. The van der Waals surface area contributed by atoms with Gasteiger partial charge in [-0.1, -0.05) is 20.8 Å². The van der Waals surface area contributed by atoms with Gasteiger partial charge in [0.05, 0.1) is 11.2 Å². The topological polar surface area (TPSA) is 24.9 Å². The molecule has 0 aliphatic carbocycles. The van der Waals surface area contributed by atoms with Crippen LogP contribution in [0.1, 0.15) is 50.2 Å². The van der Waals surface area contributed by atoms with Crippen molar-refractivity contribution in [2.45, 2.75) is 45.1 Å². The summed E-state index contributed by atoms with van der Waals surface area (Å²) in [6.45, 7) is 7.75. The Balaban J connectivity index is 2.19. The number of nitrogens with zero attached hydrogens (tertiary/aromatic N) is 1. The Bertz CT molecular complexity index is 354. The molecule has 1 atom stereocenters. The van der Waals surface area contributed by atoms with Gasteiger partial charge in [0.1, 0.15) is 5.01 Å². The van der Waals surface area contributed by atoms with Gasteiger partial charge in [-0.25, -0.2) is 4.98 Å². The molecule has 0 spiro atoms. The van der Waals surface area contributed by atoms with E-state index < -0.39 is 0 Å². The molecule has 2 nitrogen and oxygen atoms in total. The third kappa shape index (κ3) is 2.85. The van der Waals surface area contributed by atoms with Crippen molar-refractivity contribution in [3.8, 4) is 0 Å². The van der Waals surface area contributed by atoms with Crippen LogP contribution in [0.5, 0.6) is 0 Å². The molecule has 17 heavy (non-hydrogen) atoms. The average Bonchev–Trinajstić information content (AvgIpc) is 2.95. The second-order valence-electron chi connectivity index (χ2n) is 5.04. The first kappa shape index (κ1) is 13.4. The van der Waals surface area contributed by atoms with Crippen LogP contribution in [-0.2, 0) is 5.54 Å². The van der Waals surface area contributed by atoms with E-state index in [1.54, 1.807) is 0 Å². The van der Waals surface area contributed by atoms with Gasteiger partial charge in [-0.05, 0) is 31.1 Å². The smallest absolute Gasteiger partial charge is 0.114 e. The van der Waals surface area contributed by atoms with Crippen LogP contribution in [0.25, 0.3) is 0 Å². The minimum Gasteiger partial charge on any atom is -0.305 e. The Morgan fingerprint density at radius 1 is 1.53 bits per heavy atom. The Labute approximate surface area is 113 Å². The van der Waals surface area contributed by atoms with Gasteiger partial charge in [0, 0.05) is 11.1 Å². The van der Waals surface area contributed by atoms with E-state index >= 15 is 0 Å². The summed E-state index contributed by atoms with van der Waals surface area (Å²) in [6, 6.07) is 0. The fourth-order valence-electron chi connectivity index (χ4n) is 2.08. The summed E-state index contributed by atoms with van der Waals surface area (Å²) >= 11 is 3.89. The second kappa shape index (κ2) is 5.72. The maximum absolute atomic E-state index is 4.86. The van der Waals surface area contributed by atoms with Gasteiger partial charge in [0.25, 0.3) is 0 Å². The van der Waals surface area contributed by atoms with Crippen molar-refractivity contribution in [3.05, 3.63) is 16.1 Å². The molecule has 2 rings (SSSR count). The molecule has 1 aliphatic heterocycles. The summed E-state index contributed by atoms with van der Waals surface area (Å²) < 4.78 is 0. The first-order valence-corrected chi connectivity index (χ1v) is 8.50. The Morgan fingerprint density at radius 3 is 2.88 bits per heavy atom. The molecule has 4 heteroatoms. The third-order valence-corrected chi connectivity index (χ3v) is 5.51. The molecule has 2 heterocycles. The molecule has 0 aromatic carbocycles. The summed E-state index contributed by atoms with van der Waals surface area (Å²) in [5.41, 5.74) is 1.41. The lowest BCUT2D eigenvalue weighted by Crippen LogP contribution is -2.42. The minimum absolute atomic E-state index is 0.165. The zero-order valence-corrected chi connectivity index (χ0v) is 12.6. The summed E-state index contributed by atoms with van der Waals surface area (Å²) in [7, 11) is 0. The predicted molar refractivity (Wildman–Crippen MR) is 78.1 cm³/mol. The molecule has 1 aromatic rings. The monoisotopic (exact) mass is 270 g/mol. The summed E-state index contributed by atoms with van der Waals surface area (Å²) in [5.74, 6) is 2.98. The highest BCUT2D eigenvalue weighted by Crippen LogP contribution is 2.38. The van der Waals surface area contributed by atoms with Crippen LogP contribution in [0.3, 0.4) is 0 Å². The van der Waals surface area contributed by atoms with Gasteiger partial charge in [-0.2, -0.15) is 11.8 Å². The van der Waals surface area contributed by atoms with Gasteiger partial charge >= 0.3 is 0 Å². The molecule has 1 unspecified atom stereocenters. The molecule has 1 N–H and O–H groups in total. The van der Waals surface area contributed by atoms with Crippen LogP contribution < -0.4 is 5.32 Å². The molecule has 0 amide bonds. The normalized spacial score (nSPS) is 24.7. The lowest BCUT2D eigenvalue weighted by molar-refractivity contribution is 0.374. The lowest BCUT2D eigenvalue weighted by atomic mass is 9.99. The fourth-order valence-corrected chi connectivity index (χ4v) is 4.73. The number of aromatic nitrogens is 1. The van der Waals surface area contributed by atoms with Crippen LogP contribution in [0.2, 0.25) is 0 Å².